The number of benzene rings is 1. The highest BCUT2D eigenvalue weighted by Gasteiger charge is 2.78. The van der Waals surface area contributed by atoms with Crippen LogP contribution in [0.1, 0.15) is 85.1 Å². The number of aromatic nitrogens is 4. The second-order valence-electron chi connectivity index (χ2n) is 15.8. The summed E-state index contributed by atoms with van der Waals surface area (Å²) in [6.07, 6.45) is 8.80. The summed E-state index contributed by atoms with van der Waals surface area (Å²) >= 11 is 0. The van der Waals surface area contributed by atoms with Crippen molar-refractivity contribution in [1.29, 1.82) is 0 Å². The number of rotatable bonds is 6. The van der Waals surface area contributed by atoms with Gasteiger partial charge in [-0.3, -0.25) is 29.8 Å². The summed E-state index contributed by atoms with van der Waals surface area (Å²) in [7, 11) is 0. The maximum Gasteiger partial charge on any atom is 0.258 e. The smallest absolute Gasteiger partial charge is 0.258 e. The molecule has 0 radical (unpaired) electrons. The molecule has 3 aromatic heterocycles. The van der Waals surface area contributed by atoms with E-state index in [1.165, 1.54) is 6.42 Å². The highest BCUT2D eigenvalue weighted by molar-refractivity contribution is 6.01. The Bertz CT molecular complexity index is 2020. The Morgan fingerprint density at radius 3 is 2.47 bits per heavy atom. The number of imide groups is 1. The molecule has 2 aliphatic carbocycles. The largest absolute Gasteiger partial charge is 0.370 e. The first-order valence-corrected chi connectivity index (χ1v) is 18.5. The molecule has 0 spiro atoms. The molecule has 266 valence electrons. The van der Waals surface area contributed by atoms with Crippen molar-refractivity contribution in [2.45, 2.75) is 76.6 Å². The van der Waals surface area contributed by atoms with Crippen molar-refractivity contribution < 1.29 is 23.2 Å². The second-order valence-corrected chi connectivity index (χ2v) is 15.8. The molecule has 4 aromatic rings. The minimum Gasteiger partial charge on any atom is -0.370 e. The van der Waals surface area contributed by atoms with E-state index in [0.29, 0.717) is 48.8 Å². The van der Waals surface area contributed by atoms with E-state index >= 15 is 0 Å². The average Bonchev–Trinajstić information content (AvgIpc) is 3.52. The third-order valence-electron chi connectivity index (χ3n) is 12.8. The molecule has 3 N–H and O–H groups in total. The van der Waals surface area contributed by atoms with E-state index in [1.54, 1.807) is 6.92 Å². The Hall–Kier alpha value is -4.61. The van der Waals surface area contributed by atoms with Gasteiger partial charge in [0.1, 0.15) is 5.69 Å². The molecule has 51 heavy (non-hydrogen) atoms. The number of aromatic amines is 2. The van der Waals surface area contributed by atoms with Gasteiger partial charge in [0.2, 0.25) is 11.8 Å². The first kappa shape index (κ1) is 32.3. The fourth-order valence-electron chi connectivity index (χ4n) is 9.44. The second kappa shape index (κ2) is 12.0. The Morgan fingerprint density at radius 2 is 1.75 bits per heavy atom. The first-order chi connectivity index (χ1) is 24.6. The molecule has 5 aliphatic rings. The molecule has 3 saturated heterocycles. The zero-order chi connectivity index (χ0) is 35.1. The molecule has 0 bridgehead atoms. The third-order valence-corrected chi connectivity index (χ3v) is 12.8. The number of anilines is 1. The number of nitrogens with zero attached hydrogens (tertiary/aromatic N) is 4. The maximum absolute atomic E-state index is 14.5. The van der Waals surface area contributed by atoms with Gasteiger partial charge in [-0.1, -0.05) is 13.0 Å². The van der Waals surface area contributed by atoms with Crippen LogP contribution >= 0.6 is 0 Å². The van der Waals surface area contributed by atoms with E-state index < -0.39 is 17.3 Å². The number of H-pyrrole nitrogens is 2. The summed E-state index contributed by atoms with van der Waals surface area (Å²) in [5.74, 6) is -2.79. The molecule has 10 nitrogen and oxygen atoms in total. The lowest BCUT2D eigenvalue weighted by Gasteiger charge is -2.37. The quantitative estimate of drug-likeness (QED) is 0.213. The number of hydrogen-bond donors (Lipinski definition) is 3. The van der Waals surface area contributed by atoms with Crippen molar-refractivity contribution >= 4 is 34.3 Å². The van der Waals surface area contributed by atoms with Gasteiger partial charge < -0.3 is 14.8 Å². The average molecular weight is 696 g/mol. The molecule has 9 rings (SSSR count). The molecule has 1 saturated carbocycles. The van der Waals surface area contributed by atoms with Gasteiger partial charge in [0, 0.05) is 78.1 Å². The topological polar surface area (TPSA) is 127 Å². The highest BCUT2D eigenvalue weighted by Crippen LogP contribution is 2.70. The van der Waals surface area contributed by atoms with E-state index in [0.717, 1.165) is 91.1 Å². The molecule has 12 heteroatoms. The number of fused-ring (bicyclic) bond motifs is 3. The van der Waals surface area contributed by atoms with E-state index in [9.17, 15) is 23.2 Å². The van der Waals surface area contributed by atoms with Crippen LogP contribution in [0.25, 0.3) is 22.3 Å². The predicted octanol–water partition coefficient (Wildman–Crippen LogP) is 6.00. The van der Waals surface area contributed by atoms with E-state index in [4.69, 9.17) is 0 Å². The Labute approximate surface area is 294 Å². The van der Waals surface area contributed by atoms with Gasteiger partial charge in [-0.05, 0) is 87.1 Å². The number of alkyl halides is 2. The maximum atomic E-state index is 14.5. The Kier molecular flexibility index (Phi) is 7.59. The summed E-state index contributed by atoms with van der Waals surface area (Å²) in [4.78, 5) is 49.7. The Morgan fingerprint density at radius 1 is 0.980 bits per heavy atom. The van der Waals surface area contributed by atoms with Crippen LogP contribution in [0.4, 0.5) is 14.5 Å². The van der Waals surface area contributed by atoms with Gasteiger partial charge in [-0.15, -0.1) is 0 Å². The molecule has 1 aromatic carbocycles. The number of likely N-dealkylation sites (tertiary alicyclic amines) is 1. The number of halogens is 2. The zero-order valence-electron chi connectivity index (χ0n) is 28.8. The van der Waals surface area contributed by atoms with Gasteiger partial charge >= 0.3 is 0 Å². The molecule has 3 amide bonds. The molecular formula is C39H43F2N7O3. The van der Waals surface area contributed by atoms with Crippen molar-refractivity contribution in [3.63, 3.8) is 0 Å². The standard InChI is InChI=1S/C39H43F2N7O3/c1-38-20-32-28(19-33(38)39(38,40)41)35(46-45-32)31-17-24-2-3-25(18-30(24)43-31)37(51)48-14-10-23(11-15-48)16-22-8-12-47(13-9-22)26-4-6-29(42-21-26)27-5-7-34(49)44-36(27)50/h2-4,6,17-18,21-23,27,33,43H,5,7-16,19-20H2,1H3,(H,45,46)(H,44,49,50)/t27?,33-,38+/m0/s1. The lowest BCUT2D eigenvalue weighted by atomic mass is 9.82. The summed E-state index contributed by atoms with van der Waals surface area (Å²) in [5.41, 5.74) is 5.47. The molecule has 4 fully saturated rings. The molecule has 6 heterocycles. The predicted molar refractivity (Wildman–Crippen MR) is 187 cm³/mol. The first-order valence-electron chi connectivity index (χ1n) is 18.5. The zero-order valence-corrected chi connectivity index (χ0v) is 28.8. The normalized spacial score (nSPS) is 26.6. The highest BCUT2D eigenvalue weighted by atomic mass is 19.3. The summed E-state index contributed by atoms with van der Waals surface area (Å²) in [5, 5.41) is 10.9. The number of carbonyl (C=O) groups excluding carboxylic acids is 3. The number of nitrogens with one attached hydrogen (secondary N) is 3. The summed E-state index contributed by atoms with van der Waals surface area (Å²) < 4.78 is 28.9. The molecule has 1 unspecified atom stereocenters. The van der Waals surface area contributed by atoms with Crippen molar-refractivity contribution in [3.05, 3.63) is 65.1 Å². The van der Waals surface area contributed by atoms with E-state index in [-0.39, 0.29) is 23.6 Å². The van der Waals surface area contributed by atoms with Gasteiger partial charge in [-0.2, -0.15) is 5.10 Å². The lowest BCUT2D eigenvalue weighted by molar-refractivity contribution is -0.134. The summed E-state index contributed by atoms with van der Waals surface area (Å²) in [6.45, 7) is 5.13. The van der Waals surface area contributed by atoms with Crippen LogP contribution in [-0.4, -0.2) is 74.9 Å². The van der Waals surface area contributed by atoms with Crippen molar-refractivity contribution in [3.8, 4) is 11.4 Å². The number of piperidine rings is 3. The van der Waals surface area contributed by atoms with Crippen LogP contribution in [0.15, 0.2) is 42.6 Å². The van der Waals surface area contributed by atoms with Gasteiger partial charge in [0.25, 0.3) is 11.8 Å². The Balaban J connectivity index is 0.767. The summed E-state index contributed by atoms with van der Waals surface area (Å²) in [6, 6.07) is 11.7. The van der Waals surface area contributed by atoms with Gasteiger partial charge in [0.15, 0.2) is 0 Å². The fourth-order valence-corrected chi connectivity index (χ4v) is 9.44. The monoisotopic (exact) mass is 695 g/mol. The number of hydrogen-bond acceptors (Lipinski definition) is 6. The number of amides is 3. The van der Waals surface area contributed by atoms with Crippen molar-refractivity contribution in [1.82, 2.24) is 30.4 Å². The van der Waals surface area contributed by atoms with Crippen LogP contribution in [0.2, 0.25) is 0 Å². The van der Waals surface area contributed by atoms with Gasteiger partial charge in [-0.25, -0.2) is 8.78 Å². The number of carbonyl (C=O) groups is 3. The van der Waals surface area contributed by atoms with Gasteiger partial charge in [0.05, 0.1) is 29.2 Å². The van der Waals surface area contributed by atoms with Crippen LogP contribution in [-0.2, 0) is 22.4 Å². The third kappa shape index (κ3) is 5.52. The SMILES string of the molecule is C[C@@]12Cc3[nH]nc(-c4cc5ccc(C(=O)N6CCC(CC7CCN(c8ccc(C9CCC(=O)NC9=O)nc8)CC7)CC6)cc5[nH]4)c3C[C@@H]1C2(F)F. The van der Waals surface area contributed by atoms with Crippen molar-refractivity contribution in [2.75, 3.05) is 31.1 Å². The van der Waals surface area contributed by atoms with E-state index in [2.05, 4.69) is 30.4 Å². The lowest BCUT2D eigenvalue weighted by Crippen LogP contribution is -2.40. The number of pyridine rings is 1. The van der Waals surface area contributed by atoms with Crippen LogP contribution < -0.4 is 10.2 Å². The van der Waals surface area contributed by atoms with Crippen molar-refractivity contribution in [2.24, 2.45) is 23.2 Å². The van der Waals surface area contributed by atoms with E-state index in [1.807, 2.05) is 47.5 Å². The molecule has 3 aliphatic heterocycles. The molecular weight excluding hydrogens is 652 g/mol. The minimum atomic E-state index is -2.64. The van der Waals surface area contributed by atoms with Crippen LogP contribution in [0.5, 0.6) is 0 Å². The minimum absolute atomic E-state index is 0.0458. The van der Waals surface area contributed by atoms with Crippen LogP contribution in [0, 0.1) is 23.2 Å². The van der Waals surface area contributed by atoms with Crippen LogP contribution in [0.3, 0.4) is 0 Å². The fraction of sp³-hybridized carbons (Fsp3) is 0.513. The molecule has 3 atom stereocenters.